The van der Waals surface area contributed by atoms with Crippen LogP contribution in [0.4, 0.5) is 5.82 Å². The molecule has 4 rings (SSSR count). The highest BCUT2D eigenvalue weighted by molar-refractivity contribution is 6.18. The summed E-state index contributed by atoms with van der Waals surface area (Å²) >= 11 is 6.12. The van der Waals surface area contributed by atoms with Crippen molar-refractivity contribution in [3.05, 3.63) is 24.2 Å². The van der Waals surface area contributed by atoms with Gasteiger partial charge in [0.25, 0.3) is 0 Å². The van der Waals surface area contributed by atoms with Crippen molar-refractivity contribution >= 4 is 22.9 Å². The number of nitrogens with two attached hydrogens (primary N) is 1. The first-order chi connectivity index (χ1) is 11.4. The van der Waals surface area contributed by atoms with Crippen LogP contribution in [0.5, 0.6) is 0 Å². The van der Waals surface area contributed by atoms with Crippen LogP contribution >= 0.6 is 11.6 Å². The summed E-state index contributed by atoms with van der Waals surface area (Å²) in [4.78, 5) is 4.00. The quantitative estimate of drug-likeness (QED) is 0.780. The van der Waals surface area contributed by atoms with Gasteiger partial charge < -0.3 is 25.1 Å². The summed E-state index contributed by atoms with van der Waals surface area (Å²) in [7, 11) is 0. The van der Waals surface area contributed by atoms with Gasteiger partial charge in [-0.1, -0.05) is 0 Å². The maximum atomic E-state index is 9.91. The molecule has 8 nitrogen and oxygen atoms in total. The zero-order chi connectivity index (χ0) is 17.2. The molecule has 2 aromatic heterocycles. The van der Waals surface area contributed by atoms with Crippen LogP contribution in [0.1, 0.15) is 19.5 Å². The number of rotatable bonds is 3. The Bertz CT molecular complexity index is 791. The highest BCUT2D eigenvalue weighted by Crippen LogP contribution is 2.53. The second-order valence-corrected chi connectivity index (χ2v) is 6.96. The Labute approximate surface area is 143 Å². The Morgan fingerprint density at radius 3 is 2.96 bits per heavy atom. The van der Waals surface area contributed by atoms with E-state index in [0.717, 1.165) is 5.69 Å². The number of aliphatic hydroxyl groups excluding tert-OH is 1. The first-order valence-electron chi connectivity index (χ1n) is 7.65. The molecule has 24 heavy (non-hydrogen) atoms. The molecule has 0 saturated carbocycles. The minimum atomic E-state index is -1.04. The average Bonchev–Trinajstić information content (AvgIpc) is 3.17. The SMILES string of the molecule is CC1(C)O[C@@H]2[C@](CO)(CCl)OC[C@@]2(c2ccc3c(N)ncnn23)O1. The molecule has 3 atom stereocenters. The van der Waals surface area contributed by atoms with Gasteiger partial charge in [-0.2, -0.15) is 5.10 Å². The van der Waals surface area contributed by atoms with E-state index in [1.54, 1.807) is 4.52 Å². The number of aliphatic hydroxyl groups is 1. The third-order valence-electron chi connectivity index (χ3n) is 4.71. The predicted molar refractivity (Wildman–Crippen MR) is 85.6 cm³/mol. The monoisotopic (exact) mass is 354 g/mol. The van der Waals surface area contributed by atoms with Crippen molar-refractivity contribution in [2.24, 2.45) is 0 Å². The van der Waals surface area contributed by atoms with Crippen LogP contribution in [-0.2, 0) is 19.8 Å². The molecule has 0 unspecified atom stereocenters. The zero-order valence-corrected chi connectivity index (χ0v) is 14.2. The maximum absolute atomic E-state index is 9.91. The molecule has 0 radical (unpaired) electrons. The van der Waals surface area contributed by atoms with Crippen molar-refractivity contribution in [2.45, 2.75) is 36.9 Å². The Balaban J connectivity index is 1.92. The number of alkyl halides is 1. The molecule has 0 bridgehead atoms. The minimum absolute atomic E-state index is 0.0792. The third-order valence-corrected chi connectivity index (χ3v) is 5.17. The summed E-state index contributed by atoms with van der Waals surface area (Å²) in [5, 5.41) is 14.2. The molecule has 0 aliphatic carbocycles. The molecular formula is C15H19ClN4O4. The summed E-state index contributed by atoms with van der Waals surface area (Å²) in [6, 6.07) is 3.69. The lowest BCUT2D eigenvalue weighted by atomic mass is 9.86. The van der Waals surface area contributed by atoms with Crippen molar-refractivity contribution in [1.82, 2.24) is 14.6 Å². The first kappa shape index (κ1) is 16.0. The van der Waals surface area contributed by atoms with E-state index >= 15 is 0 Å². The standard InChI is InChI=1S/C15H19ClN4O4/c1-13(2)23-12-14(5-16,6-21)22-7-15(12,24-13)10-4-3-9-11(17)18-8-19-20(9)10/h3-4,8,12,21H,5-7H2,1-2H3,(H2,17,18,19)/t12-,14-,15+/m1/s1. The van der Waals surface area contributed by atoms with Gasteiger partial charge in [0.1, 0.15) is 23.5 Å². The van der Waals surface area contributed by atoms with E-state index < -0.39 is 23.1 Å². The fourth-order valence-corrected chi connectivity index (χ4v) is 3.97. The van der Waals surface area contributed by atoms with Crippen LogP contribution in [0.3, 0.4) is 0 Å². The molecule has 2 aliphatic heterocycles. The van der Waals surface area contributed by atoms with Crippen molar-refractivity contribution in [3.63, 3.8) is 0 Å². The number of nitrogen functional groups attached to an aromatic ring is 1. The Morgan fingerprint density at radius 2 is 2.25 bits per heavy atom. The summed E-state index contributed by atoms with van der Waals surface area (Å²) in [6.07, 6.45) is 0.798. The van der Waals surface area contributed by atoms with Crippen molar-refractivity contribution in [2.75, 3.05) is 24.8 Å². The number of ether oxygens (including phenoxy) is 3. The van der Waals surface area contributed by atoms with Crippen LogP contribution in [0.15, 0.2) is 18.5 Å². The predicted octanol–water partition coefficient (Wildman–Crippen LogP) is 0.658. The summed E-state index contributed by atoms with van der Waals surface area (Å²) in [5.41, 5.74) is 5.32. The topological polar surface area (TPSA) is 104 Å². The number of hydrogen-bond acceptors (Lipinski definition) is 7. The Kier molecular flexibility index (Phi) is 3.36. The fourth-order valence-electron chi connectivity index (χ4n) is 3.67. The highest BCUT2D eigenvalue weighted by Gasteiger charge is 2.68. The van der Waals surface area contributed by atoms with E-state index in [1.807, 2.05) is 26.0 Å². The van der Waals surface area contributed by atoms with Crippen molar-refractivity contribution < 1.29 is 19.3 Å². The lowest BCUT2D eigenvalue weighted by Crippen LogP contribution is -2.51. The van der Waals surface area contributed by atoms with Gasteiger partial charge in [-0.05, 0) is 26.0 Å². The number of nitrogens with zero attached hydrogens (tertiary/aromatic N) is 3. The molecule has 130 valence electrons. The minimum Gasteiger partial charge on any atom is -0.393 e. The highest BCUT2D eigenvalue weighted by atomic mass is 35.5. The van der Waals surface area contributed by atoms with Gasteiger partial charge >= 0.3 is 0 Å². The van der Waals surface area contributed by atoms with Gasteiger partial charge in [-0.25, -0.2) is 9.50 Å². The lowest BCUT2D eigenvalue weighted by molar-refractivity contribution is -0.208. The van der Waals surface area contributed by atoms with Crippen molar-refractivity contribution in [1.29, 1.82) is 0 Å². The molecule has 9 heteroatoms. The molecule has 4 heterocycles. The number of hydrogen-bond donors (Lipinski definition) is 2. The third kappa shape index (κ3) is 1.94. The number of halogens is 1. The number of fused-ring (bicyclic) bond motifs is 2. The molecule has 3 N–H and O–H groups in total. The Morgan fingerprint density at radius 1 is 1.46 bits per heavy atom. The second-order valence-electron chi connectivity index (χ2n) is 6.70. The van der Waals surface area contributed by atoms with Crippen LogP contribution in [0.2, 0.25) is 0 Å². The van der Waals surface area contributed by atoms with Gasteiger partial charge in [0.05, 0.1) is 24.8 Å². The van der Waals surface area contributed by atoms with Crippen LogP contribution in [0, 0.1) is 0 Å². The molecule has 0 amide bonds. The van der Waals surface area contributed by atoms with E-state index in [9.17, 15) is 5.11 Å². The molecule has 0 spiro atoms. The van der Waals surface area contributed by atoms with E-state index in [4.69, 9.17) is 31.5 Å². The normalized spacial score (nSPS) is 34.8. The maximum Gasteiger partial charge on any atom is 0.166 e. The summed E-state index contributed by atoms with van der Waals surface area (Å²) < 4.78 is 19.9. The average molecular weight is 355 g/mol. The second kappa shape index (κ2) is 5.03. The van der Waals surface area contributed by atoms with Crippen LogP contribution in [0.25, 0.3) is 5.52 Å². The van der Waals surface area contributed by atoms with E-state index in [1.165, 1.54) is 6.33 Å². The molecule has 2 aliphatic rings. The Hall–Kier alpha value is -1.45. The molecule has 2 saturated heterocycles. The van der Waals surface area contributed by atoms with E-state index in [2.05, 4.69) is 10.1 Å². The summed E-state index contributed by atoms with van der Waals surface area (Å²) in [5.74, 6) is -0.411. The van der Waals surface area contributed by atoms with Crippen LogP contribution < -0.4 is 5.73 Å². The lowest BCUT2D eigenvalue weighted by Gasteiger charge is -2.31. The van der Waals surface area contributed by atoms with Gasteiger partial charge in [-0.3, -0.25) is 0 Å². The largest absolute Gasteiger partial charge is 0.393 e. The molecule has 0 aromatic carbocycles. The van der Waals surface area contributed by atoms with Gasteiger partial charge in [-0.15, -0.1) is 11.6 Å². The van der Waals surface area contributed by atoms with Crippen molar-refractivity contribution in [3.8, 4) is 0 Å². The molecular weight excluding hydrogens is 336 g/mol. The number of anilines is 1. The van der Waals surface area contributed by atoms with Crippen LogP contribution in [-0.4, -0.2) is 56.3 Å². The first-order valence-corrected chi connectivity index (χ1v) is 8.18. The van der Waals surface area contributed by atoms with Gasteiger partial charge in [0.15, 0.2) is 17.2 Å². The molecule has 2 aromatic rings. The zero-order valence-electron chi connectivity index (χ0n) is 13.4. The van der Waals surface area contributed by atoms with Gasteiger partial charge in [0, 0.05) is 0 Å². The fraction of sp³-hybridized carbons (Fsp3) is 0.600. The summed E-state index contributed by atoms with van der Waals surface area (Å²) in [6.45, 7) is 3.55. The smallest absolute Gasteiger partial charge is 0.166 e. The van der Waals surface area contributed by atoms with E-state index in [-0.39, 0.29) is 19.1 Å². The van der Waals surface area contributed by atoms with E-state index in [0.29, 0.717) is 11.3 Å². The number of aromatic nitrogens is 3. The van der Waals surface area contributed by atoms with Gasteiger partial charge in [0.2, 0.25) is 0 Å². The molecule has 2 fully saturated rings.